The third-order valence-corrected chi connectivity index (χ3v) is 3.98. The number of hydrogen-bond acceptors (Lipinski definition) is 4. The molecule has 1 fully saturated rings. The van der Waals surface area contributed by atoms with Crippen LogP contribution in [0.15, 0.2) is 47.7 Å². The van der Waals surface area contributed by atoms with E-state index >= 15 is 0 Å². The zero-order chi connectivity index (χ0) is 15.8. The molecule has 4 rings (SSSR count). The first kappa shape index (κ1) is 13.6. The van der Waals surface area contributed by atoms with Gasteiger partial charge in [-0.05, 0) is 48.6 Å². The number of benzene rings is 1. The number of H-pyrrole nitrogens is 1. The number of hydrogen-bond donors (Lipinski definition) is 2. The Morgan fingerprint density at radius 3 is 2.91 bits per heavy atom. The van der Waals surface area contributed by atoms with Crippen LogP contribution in [-0.2, 0) is 0 Å². The van der Waals surface area contributed by atoms with E-state index in [1.807, 2.05) is 12.1 Å². The van der Waals surface area contributed by atoms with Crippen molar-refractivity contribution in [2.75, 3.05) is 5.32 Å². The van der Waals surface area contributed by atoms with Gasteiger partial charge < -0.3 is 10.3 Å². The molecule has 2 heterocycles. The zero-order valence-electron chi connectivity index (χ0n) is 12.2. The third-order valence-electron chi connectivity index (χ3n) is 3.98. The van der Waals surface area contributed by atoms with Crippen molar-refractivity contribution in [2.45, 2.75) is 18.8 Å². The maximum atomic E-state index is 12.5. The average molecular weight is 306 g/mol. The molecule has 0 unspecified atom stereocenters. The number of carbonyl (C=O) groups excluding carboxylic acids is 1. The van der Waals surface area contributed by atoms with Crippen molar-refractivity contribution in [2.24, 2.45) is 0 Å². The number of anilines is 1. The molecule has 2 aromatic heterocycles. The minimum atomic E-state index is -0.304. The van der Waals surface area contributed by atoms with E-state index in [1.54, 1.807) is 24.4 Å². The topological polar surface area (TPSA) is 87.7 Å². The molecule has 0 atom stereocenters. The summed E-state index contributed by atoms with van der Waals surface area (Å²) in [6.07, 6.45) is 5.32. The standard InChI is InChI=1S/C17H14N4O2/c22-16-12-2-1-3-13(15(12)19-9-20-16)21-17(23)14-8-11(6-7-18-14)10-4-5-10/h1-3,6-10H,4-5H2,(H,21,23)(H,19,20,22). The van der Waals surface area contributed by atoms with E-state index in [0.717, 1.165) is 5.56 Å². The summed E-state index contributed by atoms with van der Waals surface area (Å²) in [6.45, 7) is 0. The highest BCUT2D eigenvalue weighted by Gasteiger charge is 2.24. The molecule has 3 aromatic rings. The SMILES string of the molecule is O=C(Nc1cccc2c(=O)[nH]cnc12)c1cc(C2CC2)ccn1. The maximum absolute atomic E-state index is 12.5. The summed E-state index contributed by atoms with van der Waals surface area (Å²) >= 11 is 0. The molecule has 1 aliphatic carbocycles. The summed E-state index contributed by atoms with van der Waals surface area (Å²) in [6, 6.07) is 8.88. The molecule has 6 nitrogen and oxygen atoms in total. The van der Waals surface area contributed by atoms with Crippen molar-refractivity contribution >= 4 is 22.5 Å². The Kier molecular flexibility index (Phi) is 3.15. The molecule has 0 spiro atoms. The van der Waals surface area contributed by atoms with Gasteiger partial charge >= 0.3 is 0 Å². The molecule has 2 N–H and O–H groups in total. The Labute approximate surface area is 131 Å². The molecule has 1 saturated carbocycles. The number of para-hydroxylation sites is 1. The van der Waals surface area contributed by atoms with Gasteiger partial charge in [0.05, 0.1) is 17.4 Å². The lowest BCUT2D eigenvalue weighted by molar-refractivity contribution is 0.102. The van der Waals surface area contributed by atoms with Crippen molar-refractivity contribution in [1.82, 2.24) is 15.0 Å². The fourth-order valence-corrected chi connectivity index (χ4v) is 2.63. The second-order valence-corrected chi connectivity index (χ2v) is 5.64. The summed E-state index contributed by atoms with van der Waals surface area (Å²) < 4.78 is 0. The van der Waals surface area contributed by atoms with Crippen molar-refractivity contribution in [1.29, 1.82) is 0 Å². The van der Waals surface area contributed by atoms with Crippen molar-refractivity contribution < 1.29 is 4.79 Å². The quantitative estimate of drug-likeness (QED) is 0.778. The van der Waals surface area contributed by atoms with Crippen molar-refractivity contribution in [3.05, 3.63) is 64.5 Å². The normalized spacial score (nSPS) is 13.9. The van der Waals surface area contributed by atoms with Gasteiger partial charge in [0.1, 0.15) is 11.2 Å². The highest BCUT2D eigenvalue weighted by molar-refractivity contribution is 6.07. The molecular weight excluding hydrogens is 292 g/mol. The Hall–Kier alpha value is -3.02. The third kappa shape index (κ3) is 2.59. The van der Waals surface area contributed by atoms with E-state index in [0.29, 0.717) is 28.2 Å². The van der Waals surface area contributed by atoms with E-state index < -0.39 is 0 Å². The first-order valence-electron chi connectivity index (χ1n) is 7.46. The minimum absolute atomic E-state index is 0.236. The molecule has 1 aliphatic rings. The van der Waals surface area contributed by atoms with Crippen LogP contribution in [0.3, 0.4) is 0 Å². The van der Waals surface area contributed by atoms with Crippen LogP contribution in [0, 0.1) is 0 Å². The van der Waals surface area contributed by atoms with E-state index in [2.05, 4.69) is 20.3 Å². The van der Waals surface area contributed by atoms with Crippen LogP contribution in [0.2, 0.25) is 0 Å². The summed E-state index contributed by atoms with van der Waals surface area (Å²) in [4.78, 5) is 35.1. The van der Waals surface area contributed by atoms with Gasteiger partial charge in [0.2, 0.25) is 0 Å². The van der Waals surface area contributed by atoms with Gasteiger partial charge in [-0.2, -0.15) is 0 Å². The summed E-state index contributed by atoms with van der Waals surface area (Å²) in [5.41, 5.74) is 2.24. The highest BCUT2D eigenvalue weighted by Crippen LogP contribution is 2.39. The maximum Gasteiger partial charge on any atom is 0.274 e. The predicted molar refractivity (Wildman–Crippen MR) is 86.5 cm³/mol. The number of aromatic nitrogens is 3. The average Bonchev–Trinajstić information content (AvgIpc) is 3.41. The van der Waals surface area contributed by atoms with Gasteiger partial charge in [0, 0.05) is 6.20 Å². The predicted octanol–water partition coefficient (Wildman–Crippen LogP) is 2.45. The molecule has 0 bridgehead atoms. The molecule has 0 aliphatic heterocycles. The number of aromatic amines is 1. The first-order valence-corrected chi connectivity index (χ1v) is 7.46. The number of nitrogens with zero attached hydrogens (tertiary/aromatic N) is 2. The summed E-state index contributed by atoms with van der Waals surface area (Å²) in [7, 11) is 0. The number of nitrogens with one attached hydrogen (secondary N) is 2. The lowest BCUT2D eigenvalue weighted by atomic mass is 10.1. The number of rotatable bonds is 3. The van der Waals surface area contributed by atoms with Gasteiger partial charge in [-0.1, -0.05) is 6.07 Å². The fraction of sp³-hybridized carbons (Fsp3) is 0.176. The van der Waals surface area contributed by atoms with Crippen LogP contribution in [0.25, 0.3) is 10.9 Å². The minimum Gasteiger partial charge on any atom is -0.319 e. The second-order valence-electron chi connectivity index (χ2n) is 5.64. The molecule has 6 heteroatoms. The smallest absolute Gasteiger partial charge is 0.274 e. The van der Waals surface area contributed by atoms with Crippen LogP contribution in [0.5, 0.6) is 0 Å². The van der Waals surface area contributed by atoms with Gasteiger partial charge in [0.25, 0.3) is 11.5 Å². The number of amides is 1. The Bertz CT molecular complexity index is 960. The Balaban J connectivity index is 1.68. The summed E-state index contributed by atoms with van der Waals surface area (Å²) in [5, 5.41) is 3.23. The van der Waals surface area contributed by atoms with E-state index in [-0.39, 0.29) is 11.5 Å². The molecular formula is C17H14N4O2. The molecule has 114 valence electrons. The van der Waals surface area contributed by atoms with Gasteiger partial charge in [-0.15, -0.1) is 0 Å². The van der Waals surface area contributed by atoms with E-state index in [4.69, 9.17) is 0 Å². The molecule has 0 saturated heterocycles. The van der Waals surface area contributed by atoms with Crippen molar-refractivity contribution in [3.63, 3.8) is 0 Å². The highest BCUT2D eigenvalue weighted by atomic mass is 16.2. The Morgan fingerprint density at radius 1 is 1.22 bits per heavy atom. The van der Waals surface area contributed by atoms with E-state index in [9.17, 15) is 9.59 Å². The Morgan fingerprint density at radius 2 is 2.09 bits per heavy atom. The molecule has 23 heavy (non-hydrogen) atoms. The monoisotopic (exact) mass is 306 g/mol. The van der Waals surface area contributed by atoms with Gasteiger partial charge in [-0.3, -0.25) is 14.6 Å². The van der Waals surface area contributed by atoms with E-state index in [1.165, 1.54) is 19.2 Å². The van der Waals surface area contributed by atoms with Gasteiger partial charge in [0.15, 0.2) is 0 Å². The van der Waals surface area contributed by atoms with Crippen LogP contribution < -0.4 is 10.9 Å². The first-order chi connectivity index (χ1) is 11.2. The van der Waals surface area contributed by atoms with Gasteiger partial charge in [-0.25, -0.2) is 4.98 Å². The number of carbonyl (C=O) groups is 1. The van der Waals surface area contributed by atoms with Crippen LogP contribution in [0.4, 0.5) is 5.69 Å². The number of fused-ring (bicyclic) bond motifs is 1. The lowest BCUT2D eigenvalue weighted by Crippen LogP contribution is -2.15. The van der Waals surface area contributed by atoms with Crippen molar-refractivity contribution in [3.8, 4) is 0 Å². The molecule has 1 aromatic carbocycles. The fourth-order valence-electron chi connectivity index (χ4n) is 2.63. The molecule has 0 radical (unpaired) electrons. The second kappa shape index (κ2) is 5.31. The van der Waals surface area contributed by atoms with Crippen LogP contribution >= 0.6 is 0 Å². The molecule has 1 amide bonds. The van der Waals surface area contributed by atoms with Crippen LogP contribution in [0.1, 0.15) is 34.8 Å². The number of pyridine rings is 1. The van der Waals surface area contributed by atoms with Crippen LogP contribution in [-0.4, -0.2) is 20.9 Å². The zero-order valence-corrected chi connectivity index (χ0v) is 12.2. The lowest BCUT2D eigenvalue weighted by Gasteiger charge is -2.08. The summed E-state index contributed by atoms with van der Waals surface area (Å²) in [5.74, 6) is 0.254. The largest absolute Gasteiger partial charge is 0.319 e.